The van der Waals surface area contributed by atoms with Crippen molar-refractivity contribution in [2.45, 2.75) is 43.6 Å². The Morgan fingerprint density at radius 3 is 2.33 bits per heavy atom. The maximum atomic E-state index is 10.9. The zero-order chi connectivity index (χ0) is 13.0. The van der Waals surface area contributed by atoms with Crippen molar-refractivity contribution in [1.29, 1.82) is 0 Å². The summed E-state index contributed by atoms with van der Waals surface area (Å²) in [6.45, 7) is 0.765. The van der Waals surface area contributed by atoms with Gasteiger partial charge >= 0.3 is 0 Å². The van der Waals surface area contributed by atoms with Crippen LogP contribution in [0, 0.1) is 0 Å². The van der Waals surface area contributed by atoms with Gasteiger partial charge in [0.1, 0.15) is 5.75 Å². The van der Waals surface area contributed by atoms with Gasteiger partial charge in [-0.25, -0.2) is 0 Å². The van der Waals surface area contributed by atoms with Crippen molar-refractivity contribution >= 4 is 0 Å². The lowest BCUT2D eigenvalue weighted by molar-refractivity contribution is -0.0211. The number of aliphatic hydroxyl groups is 1. The Morgan fingerprint density at radius 2 is 1.78 bits per heavy atom. The standard InChI is InChI=1S/C15H23NO2/c1-16-11-14(12-5-7-13(17)8-6-12)15(18)9-3-2-4-10-15/h5-8,14,16-18H,2-4,9-11H2,1H3/t14-/m0/s1. The molecule has 0 saturated heterocycles. The highest BCUT2D eigenvalue weighted by Gasteiger charge is 2.38. The van der Waals surface area contributed by atoms with Crippen molar-refractivity contribution in [1.82, 2.24) is 5.32 Å². The van der Waals surface area contributed by atoms with Gasteiger partial charge in [-0.05, 0) is 37.6 Å². The summed E-state index contributed by atoms with van der Waals surface area (Å²) in [5.74, 6) is 0.376. The number of rotatable bonds is 4. The maximum Gasteiger partial charge on any atom is 0.115 e. The van der Waals surface area contributed by atoms with E-state index >= 15 is 0 Å². The van der Waals surface area contributed by atoms with Crippen molar-refractivity contribution in [2.75, 3.05) is 13.6 Å². The normalized spacial score (nSPS) is 20.6. The third kappa shape index (κ3) is 2.85. The molecule has 1 fully saturated rings. The van der Waals surface area contributed by atoms with Crippen LogP contribution in [-0.2, 0) is 0 Å². The van der Waals surface area contributed by atoms with Crippen LogP contribution < -0.4 is 5.32 Å². The first-order chi connectivity index (χ1) is 8.65. The first kappa shape index (κ1) is 13.4. The third-order valence-corrected chi connectivity index (χ3v) is 4.07. The van der Waals surface area contributed by atoms with Gasteiger partial charge in [0.15, 0.2) is 0 Å². The number of phenols is 1. The molecule has 0 aliphatic heterocycles. The first-order valence-corrected chi connectivity index (χ1v) is 6.81. The van der Waals surface area contributed by atoms with E-state index in [2.05, 4.69) is 5.32 Å². The van der Waals surface area contributed by atoms with Crippen molar-refractivity contribution in [3.8, 4) is 5.75 Å². The summed E-state index contributed by atoms with van der Waals surface area (Å²) in [7, 11) is 1.92. The molecule has 0 amide bonds. The quantitative estimate of drug-likeness (QED) is 0.768. The van der Waals surface area contributed by atoms with Crippen LogP contribution in [0.1, 0.15) is 43.6 Å². The van der Waals surface area contributed by atoms with Crippen LogP contribution in [-0.4, -0.2) is 29.4 Å². The van der Waals surface area contributed by atoms with E-state index in [1.54, 1.807) is 12.1 Å². The number of phenolic OH excluding ortho intramolecular Hbond substituents is 1. The van der Waals surface area contributed by atoms with Gasteiger partial charge in [0, 0.05) is 12.5 Å². The molecular weight excluding hydrogens is 226 g/mol. The molecule has 0 bridgehead atoms. The van der Waals surface area contributed by atoms with Crippen molar-refractivity contribution in [3.05, 3.63) is 29.8 Å². The van der Waals surface area contributed by atoms with Crippen LogP contribution in [0.4, 0.5) is 0 Å². The van der Waals surface area contributed by atoms with Crippen LogP contribution in [0.2, 0.25) is 0 Å². The van der Waals surface area contributed by atoms with Gasteiger partial charge in [0.05, 0.1) is 5.60 Å². The maximum absolute atomic E-state index is 10.9. The molecule has 0 heterocycles. The van der Waals surface area contributed by atoms with E-state index in [4.69, 9.17) is 0 Å². The minimum atomic E-state index is -0.599. The molecule has 3 heteroatoms. The summed E-state index contributed by atoms with van der Waals surface area (Å²) < 4.78 is 0. The predicted octanol–water partition coefficient (Wildman–Crippen LogP) is 2.39. The monoisotopic (exact) mass is 249 g/mol. The van der Waals surface area contributed by atoms with Crippen LogP contribution >= 0.6 is 0 Å². The second-order valence-corrected chi connectivity index (χ2v) is 5.37. The fraction of sp³-hybridized carbons (Fsp3) is 0.600. The van der Waals surface area contributed by atoms with E-state index in [1.807, 2.05) is 19.2 Å². The number of hydrogen-bond acceptors (Lipinski definition) is 3. The van der Waals surface area contributed by atoms with E-state index in [1.165, 1.54) is 6.42 Å². The Balaban J connectivity index is 2.23. The molecular formula is C15H23NO2. The SMILES string of the molecule is CNC[C@@H](c1ccc(O)cc1)C1(O)CCCCC1. The van der Waals surface area contributed by atoms with Gasteiger partial charge < -0.3 is 15.5 Å². The zero-order valence-electron chi connectivity index (χ0n) is 11.0. The van der Waals surface area contributed by atoms with E-state index in [0.29, 0.717) is 0 Å². The van der Waals surface area contributed by atoms with Crippen molar-refractivity contribution in [3.63, 3.8) is 0 Å². The minimum absolute atomic E-state index is 0.100. The second-order valence-electron chi connectivity index (χ2n) is 5.37. The summed E-state index contributed by atoms with van der Waals surface area (Å²) in [5.41, 5.74) is 0.504. The zero-order valence-corrected chi connectivity index (χ0v) is 11.0. The van der Waals surface area contributed by atoms with Gasteiger partial charge in [-0.3, -0.25) is 0 Å². The fourth-order valence-electron chi connectivity index (χ4n) is 3.04. The Bertz CT molecular complexity index is 369. The minimum Gasteiger partial charge on any atom is -0.508 e. The topological polar surface area (TPSA) is 52.5 Å². The van der Waals surface area contributed by atoms with Gasteiger partial charge in [0.2, 0.25) is 0 Å². The summed E-state index contributed by atoms with van der Waals surface area (Å²) >= 11 is 0. The molecule has 1 aliphatic rings. The Labute approximate surface area is 109 Å². The van der Waals surface area contributed by atoms with Crippen molar-refractivity contribution in [2.24, 2.45) is 0 Å². The molecule has 18 heavy (non-hydrogen) atoms. The number of benzene rings is 1. The van der Waals surface area contributed by atoms with Crippen LogP contribution in [0.15, 0.2) is 24.3 Å². The largest absolute Gasteiger partial charge is 0.508 e. The second kappa shape index (κ2) is 5.72. The summed E-state index contributed by atoms with van der Waals surface area (Å²) in [5, 5.41) is 23.4. The molecule has 1 aliphatic carbocycles. The first-order valence-electron chi connectivity index (χ1n) is 6.81. The molecule has 1 saturated carbocycles. The Kier molecular flexibility index (Phi) is 4.25. The molecule has 1 aromatic rings. The summed E-state index contributed by atoms with van der Waals surface area (Å²) in [6, 6.07) is 7.24. The molecule has 100 valence electrons. The van der Waals surface area contributed by atoms with Gasteiger partial charge in [-0.2, -0.15) is 0 Å². The van der Waals surface area contributed by atoms with Crippen molar-refractivity contribution < 1.29 is 10.2 Å². The van der Waals surface area contributed by atoms with E-state index in [9.17, 15) is 10.2 Å². The van der Waals surface area contributed by atoms with Gasteiger partial charge in [-0.15, -0.1) is 0 Å². The smallest absolute Gasteiger partial charge is 0.115 e. The fourth-order valence-corrected chi connectivity index (χ4v) is 3.04. The number of likely N-dealkylation sites (N-methyl/N-ethyl adjacent to an activating group) is 1. The Morgan fingerprint density at radius 1 is 1.17 bits per heavy atom. The lowest BCUT2D eigenvalue weighted by Gasteiger charge is -2.39. The number of aromatic hydroxyl groups is 1. The Hall–Kier alpha value is -1.06. The molecule has 3 N–H and O–H groups in total. The average Bonchev–Trinajstić information content (AvgIpc) is 2.38. The number of hydrogen-bond donors (Lipinski definition) is 3. The highest BCUT2D eigenvalue weighted by Crippen LogP contribution is 2.39. The highest BCUT2D eigenvalue weighted by atomic mass is 16.3. The molecule has 0 radical (unpaired) electrons. The third-order valence-electron chi connectivity index (χ3n) is 4.07. The lowest BCUT2D eigenvalue weighted by atomic mass is 9.73. The summed E-state index contributed by atoms with van der Waals surface area (Å²) in [4.78, 5) is 0. The molecule has 0 aromatic heterocycles. The molecule has 0 unspecified atom stereocenters. The summed E-state index contributed by atoms with van der Waals surface area (Å²) in [6.07, 6.45) is 5.19. The van der Waals surface area contributed by atoms with Crippen LogP contribution in [0.3, 0.4) is 0 Å². The van der Waals surface area contributed by atoms with Crippen LogP contribution in [0.5, 0.6) is 5.75 Å². The van der Waals surface area contributed by atoms with Gasteiger partial charge in [0.25, 0.3) is 0 Å². The molecule has 3 nitrogen and oxygen atoms in total. The molecule has 0 spiro atoms. The molecule has 1 atom stereocenters. The van der Waals surface area contributed by atoms with Crippen LogP contribution in [0.25, 0.3) is 0 Å². The molecule has 1 aromatic carbocycles. The lowest BCUT2D eigenvalue weighted by Crippen LogP contribution is -2.42. The predicted molar refractivity (Wildman–Crippen MR) is 72.8 cm³/mol. The highest BCUT2D eigenvalue weighted by molar-refractivity contribution is 5.30. The van der Waals surface area contributed by atoms with E-state index in [-0.39, 0.29) is 11.7 Å². The van der Waals surface area contributed by atoms with E-state index < -0.39 is 5.60 Å². The van der Waals surface area contributed by atoms with E-state index in [0.717, 1.165) is 37.8 Å². The average molecular weight is 249 g/mol. The van der Waals surface area contributed by atoms with Gasteiger partial charge in [-0.1, -0.05) is 31.4 Å². The molecule has 2 rings (SSSR count). The number of nitrogens with one attached hydrogen (secondary N) is 1.